The van der Waals surface area contributed by atoms with Crippen molar-refractivity contribution >= 4 is 17.9 Å². The van der Waals surface area contributed by atoms with Gasteiger partial charge in [-0.15, -0.1) is 0 Å². The van der Waals surface area contributed by atoms with Crippen LogP contribution in [0.5, 0.6) is 0 Å². The predicted molar refractivity (Wildman–Crippen MR) is 33.2 cm³/mol. The average molecular weight is 173 g/mol. The maximum absolute atomic E-state index is 10.7. The molecule has 3 amide bonds. The Kier molecular flexibility index (Phi) is 1.86. The molecular weight excluding hydrogens is 168 g/mol. The van der Waals surface area contributed by atoms with Gasteiger partial charge in [-0.05, 0) is 0 Å². The Balaban J connectivity index is 2.77. The lowest BCUT2D eigenvalue weighted by atomic mass is 10.2. The molecule has 0 aromatic rings. The largest absolute Gasteiger partial charge is 0.537 e. The molecule has 7 nitrogen and oxygen atoms in total. The van der Waals surface area contributed by atoms with Crippen molar-refractivity contribution in [2.45, 2.75) is 12.5 Å². The van der Waals surface area contributed by atoms with Crippen LogP contribution < -0.4 is 5.32 Å². The van der Waals surface area contributed by atoms with E-state index in [1.807, 2.05) is 0 Å². The molecule has 1 unspecified atom stereocenters. The summed E-state index contributed by atoms with van der Waals surface area (Å²) in [6.45, 7) is 0. The van der Waals surface area contributed by atoms with E-state index in [1.54, 1.807) is 5.32 Å². The number of carboxylic acids is 1. The van der Waals surface area contributed by atoms with Gasteiger partial charge in [0.25, 0.3) is 6.04 Å². The van der Waals surface area contributed by atoms with Gasteiger partial charge in [-0.1, -0.05) is 4.91 Å². The maximum Gasteiger partial charge on any atom is 0.537 e. The van der Waals surface area contributed by atoms with Crippen LogP contribution in [0.25, 0.3) is 0 Å². The first-order valence-electron chi connectivity index (χ1n) is 3.05. The number of nitrogens with one attached hydrogen (secondary N) is 1. The number of amides is 3. The van der Waals surface area contributed by atoms with Crippen LogP contribution in [0.15, 0.2) is 0 Å². The molecule has 64 valence electrons. The van der Waals surface area contributed by atoms with E-state index in [0.29, 0.717) is 0 Å². The molecule has 0 bridgehead atoms. The fourth-order valence-corrected chi connectivity index (χ4v) is 0.833. The molecule has 1 heterocycles. The van der Waals surface area contributed by atoms with Crippen LogP contribution >= 0.6 is 0 Å². The minimum Gasteiger partial charge on any atom is -0.481 e. The topological polar surface area (TPSA) is 104 Å². The van der Waals surface area contributed by atoms with E-state index in [1.165, 1.54) is 0 Å². The van der Waals surface area contributed by atoms with Gasteiger partial charge in [0.05, 0.1) is 0 Å². The lowest BCUT2D eigenvalue weighted by molar-refractivity contribution is -0.465. The normalized spacial score (nSPS) is 22.7. The van der Waals surface area contributed by atoms with Crippen LogP contribution in [0.2, 0.25) is 0 Å². The highest BCUT2D eigenvalue weighted by Crippen LogP contribution is 2.05. The highest BCUT2D eigenvalue weighted by Gasteiger charge is 2.48. The highest BCUT2D eigenvalue weighted by molar-refractivity contribution is 5.99. The Bertz CT molecular complexity index is 284. The zero-order chi connectivity index (χ0) is 9.30. The van der Waals surface area contributed by atoms with Crippen LogP contribution in [-0.4, -0.2) is 33.8 Å². The summed E-state index contributed by atoms with van der Waals surface area (Å²) in [4.78, 5) is 41.9. The second-order valence-electron chi connectivity index (χ2n) is 2.23. The zero-order valence-electron chi connectivity index (χ0n) is 5.81. The van der Waals surface area contributed by atoms with E-state index in [2.05, 4.69) is 0 Å². The number of urea groups is 1. The van der Waals surface area contributed by atoms with Crippen molar-refractivity contribution in [2.24, 2.45) is 0 Å². The number of carbonyl (C=O) groups excluding carboxylic acids is 2. The summed E-state index contributed by atoms with van der Waals surface area (Å²) in [6.07, 6.45) is -0.666. The summed E-state index contributed by atoms with van der Waals surface area (Å²) >= 11 is 0. The molecule has 1 rings (SSSR count). The molecule has 0 spiro atoms. The van der Waals surface area contributed by atoms with Crippen molar-refractivity contribution in [1.29, 1.82) is 0 Å². The first-order valence-corrected chi connectivity index (χ1v) is 3.05. The fraction of sp³-hybridized carbons (Fsp3) is 0.400. The fourth-order valence-electron chi connectivity index (χ4n) is 0.833. The van der Waals surface area contributed by atoms with Gasteiger partial charge < -0.3 is 5.11 Å². The molecule has 1 atom stereocenters. The Morgan fingerprint density at radius 3 is 2.50 bits per heavy atom. The van der Waals surface area contributed by atoms with Crippen molar-refractivity contribution in [3.63, 3.8) is 0 Å². The number of rotatable bonds is 2. The highest BCUT2D eigenvalue weighted by atomic mass is 16.4. The van der Waals surface area contributed by atoms with E-state index in [0.717, 1.165) is 0 Å². The lowest BCUT2D eigenvalue weighted by Crippen LogP contribution is -2.28. The first kappa shape index (κ1) is 8.31. The number of hydrogen-bond acceptors (Lipinski definition) is 4. The summed E-state index contributed by atoms with van der Waals surface area (Å²) in [5, 5.41) is 9.93. The van der Waals surface area contributed by atoms with Gasteiger partial charge in [-0.2, -0.15) is 10.1 Å². The minimum absolute atomic E-state index is 0.170. The van der Waals surface area contributed by atoms with Gasteiger partial charge in [0.1, 0.15) is 6.42 Å². The van der Waals surface area contributed by atoms with Gasteiger partial charge >= 0.3 is 17.9 Å². The Morgan fingerprint density at radius 1 is 1.58 bits per heavy atom. The van der Waals surface area contributed by atoms with E-state index in [4.69, 9.17) is 5.11 Å². The molecule has 1 fully saturated rings. The van der Waals surface area contributed by atoms with Crippen LogP contribution in [0.4, 0.5) is 4.79 Å². The third-order valence-electron chi connectivity index (χ3n) is 1.38. The average Bonchev–Trinajstić information content (AvgIpc) is 2.16. The van der Waals surface area contributed by atoms with E-state index >= 15 is 0 Å². The number of hydrogen-bond donors (Lipinski definition) is 2. The van der Waals surface area contributed by atoms with Gasteiger partial charge in [0.15, 0.2) is 0 Å². The first-order chi connectivity index (χ1) is 5.52. The second-order valence-corrected chi connectivity index (χ2v) is 2.23. The summed E-state index contributed by atoms with van der Waals surface area (Å²) in [6, 6.07) is -2.53. The molecule has 1 saturated heterocycles. The minimum atomic E-state index is -1.42. The van der Waals surface area contributed by atoms with Crippen molar-refractivity contribution in [2.75, 3.05) is 0 Å². The Morgan fingerprint density at radius 2 is 2.17 bits per heavy atom. The van der Waals surface area contributed by atoms with E-state index in [9.17, 15) is 19.3 Å². The van der Waals surface area contributed by atoms with Gasteiger partial charge in [0, 0.05) is 4.76 Å². The van der Waals surface area contributed by atoms with Crippen molar-refractivity contribution in [3.8, 4) is 0 Å². The maximum atomic E-state index is 10.7. The quantitative estimate of drug-likeness (QED) is 0.405. The third kappa shape index (κ3) is 1.29. The number of carbonyl (C=O) groups is 3. The molecule has 0 radical (unpaired) electrons. The molecule has 1 aliphatic heterocycles. The van der Waals surface area contributed by atoms with Crippen LogP contribution in [-0.2, 0) is 9.59 Å². The van der Waals surface area contributed by atoms with E-state index < -0.39 is 30.4 Å². The standard InChI is InChI=1S/C5H4N2O5/c8-3(9)1-2-4(10)6-5(11)7(2)12/h2H,1H2,(H-,6,8,9,10,11)/p+1. The SMILES string of the molecule is O=C(O)CC1C(=O)NC(=O)[N+]1=O. The molecule has 0 saturated carbocycles. The molecule has 1 aliphatic rings. The number of carboxylic acid groups (broad SMARTS) is 1. The molecular formula is C5H5N2O5+. The molecule has 0 aromatic heterocycles. The monoisotopic (exact) mass is 173 g/mol. The van der Waals surface area contributed by atoms with Crippen molar-refractivity contribution < 1.29 is 24.3 Å². The smallest absolute Gasteiger partial charge is 0.481 e. The van der Waals surface area contributed by atoms with Crippen LogP contribution in [0, 0.1) is 4.91 Å². The van der Waals surface area contributed by atoms with Gasteiger partial charge in [-0.3, -0.25) is 4.79 Å². The third-order valence-corrected chi connectivity index (χ3v) is 1.38. The second kappa shape index (κ2) is 2.68. The summed E-state index contributed by atoms with van der Waals surface area (Å²) in [5.74, 6) is -2.16. The summed E-state index contributed by atoms with van der Waals surface area (Å²) in [7, 11) is 0. The van der Waals surface area contributed by atoms with Crippen molar-refractivity contribution in [3.05, 3.63) is 4.91 Å². The van der Waals surface area contributed by atoms with Crippen LogP contribution in [0.3, 0.4) is 0 Å². The molecule has 0 aliphatic carbocycles. The number of nitrogens with zero attached hydrogens (tertiary/aromatic N) is 1. The molecule has 7 heteroatoms. The summed E-state index contributed by atoms with van der Waals surface area (Å²) < 4.78 is -0.170. The Labute approximate surface area is 65.9 Å². The summed E-state index contributed by atoms with van der Waals surface area (Å²) in [5.41, 5.74) is 0. The Hall–Kier alpha value is -1.79. The predicted octanol–water partition coefficient (Wildman–Crippen LogP) is -1.14. The van der Waals surface area contributed by atoms with Gasteiger partial charge in [0.2, 0.25) is 0 Å². The molecule has 12 heavy (non-hydrogen) atoms. The lowest BCUT2D eigenvalue weighted by Gasteiger charge is -1.92. The number of aliphatic carboxylic acids is 1. The molecule has 2 N–H and O–H groups in total. The van der Waals surface area contributed by atoms with Crippen molar-refractivity contribution in [1.82, 2.24) is 5.32 Å². The number of nitroso groups, excluding NO2 is 1. The number of imide groups is 1. The van der Waals surface area contributed by atoms with E-state index in [-0.39, 0.29) is 4.76 Å². The van der Waals surface area contributed by atoms with Gasteiger partial charge in [-0.25, -0.2) is 4.79 Å². The zero-order valence-corrected chi connectivity index (χ0v) is 5.81. The molecule has 0 aromatic carbocycles. The van der Waals surface area contributed by atoms with Crippen LogP contribution in [0.1, 0.15) is 6.42 Å².